The summed E-state index contributed by atoms with van der Waals surface area (Å²) in [6, 6.07) is 20.3. The summed E-state index contributed by atoms with van der Waals surface area (Å²) in [6.45, 7) is 0.554. The van der Waals surface area contributed by atoms with Gasteiger partial charge in [-0.15, -0.1) is 0 Å². The molecule has 3 aromatic rings. The number of nitrogens with zero attached hydrogens (tertiary/aromatic N) is 2. The van der Waals surface area contributed by atoms with E-state index in [-0.39, 0.29) is 31.2 Å². The summed E-state index contributed by atoms with van der Waals surface area (Å²) in [5.41, 5.74) is 2.40. The van der Waals surface area contributed by atoms with Crippen molar-refractivity contribution >= 4 is 21.8 Å². The van der Waals surface area contributed by atoms with E-state index in [1.54, 1.807) is 42.7 Å². The van der Waals surface area contributed by atoms with Gasteiger partial charge in [-0.25, -0.2) is 8.42 Å². The Balaban J connectivity index is 1.49. The number of rotatable bonds is 10. The molecule has 2 heterocycles. The smallest absolute Gasteiger partial charge is 0.243 e. The summed E-state index contributed by atoms with van der Waals surface area (Å²) in [7, 11) is -3.73. The molecule has 0 unspecified atom stereocenters. The highest BCUT2D eigenvalue weighted by atomic mass is 32.2. The van der Waals surface area contributed by atoms with Gasteiger partial charge in [0.05, 0.1) is 5.75 Å². The van der Waals surface area contributed by atoms with Crippen LogP contribution in [0.1, 0.15) is 36.0 Å². The number of aromatic nitrogens is 1. The number of benzene rings is 2. The normalized spacial score (nSPS) is 17.0. The van der Waals surface area contributed by atoms with Crippen molar-refractivity contribution in [1.82, 2.24) is 19.9 Å². The Kier molecular flexibility index (Phi) is 9.03. The number of nitrogens with one attached hydrogen (secondary N) is 2. The van der Waals surface area contributed by atoms with Crippen LogP contribution in [-0.2, 0) is 38.3 Å². The van der Waals surface area contributed by atoms with Crippen molar-refractivity contribution in [1.29, 1.82) is 0 Å². The molecule has 0 radical (unpaired) electrons. The lowest BCUT2D eigenvalue weighted by atomic mass is 10.0. The Bertz CT molecular complexity index is 1270. The van der Waals surface area contributed by atoms with Crippen LogP contribution >= 0.6 is 0 Å². The summed E-state index contributed by atoms with van der Waals surface area (Å²) in [5.74, 6) is -0.958. The van der Waals surface area contributed by atoms with Crippen LogP contribution in [0.4, 0.5) is 0 Å². The van der Waals surface area contributed by atoms with Crippen molar-refractivity contribution in [2.45, 2.75) is 50.1 Å². The topological polar surface area (TPSA) is 108 Å². The lowest BCUT2D eigenvalue weighted by molar-refractivity contribution is -0.131. The van der Waals surface area contributed by atoms with Crippen molar-refractivity contribution < 1.29 is 18.0 Å². The van der Waals surface area contributed by atoms with Crippen LogP contribution in [0.5, 0.6) is 0 Å². The van der Waals surface area contributed by atoms with Gasteiger partial charge in [0.2, 0.25) is 21.8 Å². The number of hydrogen-bond donors (Lipinski definition) is 2. The number of amides is 2. The van der Waals surface area contributed by atoms with Crippen LogP contribution in [0.15, 0.2) is 85.2 Å². The lowest BCUT2D eigenvalue weighted by Gasteiger charge is -2.34. The zero-order valence-electron chi connectivity index (χ0n) is 20.6. The quantitative estimate of drug-likeness (QED) is 0.427. The molecule has 9 heteroatoms. The van der Waals surface area contributed by atoms with Gasteiger partial charge in [-0.2, -0.15) is 4.31 Å². The molecule has 0 bridgehead atoms. The van der Waals surface area contributed by atoms with Crippen molar-refractivity contribution in [3.8, 4) is 0 Å². The minimum Gasteiger partial charge on any atom is -0.350 e. The third-order valence-corrected chi connectivity index (χ3v) is 8.26. The summed E-state index contributed by atoms with van der Waals surface area (Å²) in [6.07, 6.45) is 5.46. The Morgan fingerprint density at radius 2 is 1.59 bits per heavy atom. The molecule has 0 spiro atoms. The molecule has 1 aliphatic rings. The molecule has 194 valence electrons. The molecule has 1 fully saturated rings. The highest BCUT2D eigenvalue weighted by Crippen LogP contribution is 2.23. The van der Waals surface area contributed by atoms with Gasteiger partial charge in [0, 0.05) is 31.9 Å². The van der Waals surface area contributed by atoms with Crippen molar-refractivity contribution in [2.75, 3.05) is 6.54 Å². The van der Waals surface area contributed by atoms with Crippen LogP contribution in [-0.4, -0.2) is 48.1 Å². The van der Waals surface area contributed by atoms with Gasteiger partial charge in [-0.1, -0.05) is 73.2 Å². The molecule has 2 N–H and O–H groups in total. The van der Waals surface area contributed by atoms with E-state index in [2.05, 4.69) is 15.6 Å². The molecule has 2 amide bonds. The fourth-order valence-corrected chi connectivity index (χ4v) is 6.29. The molecule has 0 aliphatic carbocycles. The molecular formula is C28H32N4O4S. The second-order valence-electron chi connectivity index (χ2n) is 9.19. The van der Waals surface area contributed by atoms with E-state index >= 15 is 0 Å². The first-order chi connectivity index (χ1) is 17.9. The summed E-state index contributed by atoms with van der Waals surface area (Å²) < 4.78 is 27.9. The van der Waals surface area contributed by atoms with E-state index in [1.165, 1.54) is 4.31 Å². The Labute approximate surface area is 218 Å². The number of carbonyl (C=O) groups is 2. The first kappa shape index (κ1) is 26.5. The Morgan fingerprint density at radius 1 is 0.919 bits per heavy atom. The fourth-order valence-electron chi connectivity index (χ4n) is 4.51. The van der Waals surface area contributed by atoms with Crippen LogP contribution < -0.4 is 10.6 Å². The van der Waals surface area contributed by atoms with Gasteiger partial charge in [0.1, 0.15) is 12.1 Å². The highest BCUT2D eigenvalue weighted by molar-refractivity contribution is 7.88. The molecule has 37 heavy (non-hydrogen) atoms. The van der Waals surface area contributed by atoms with E-state index in [4.69, 9.17) is 0 Å². The van der Waals surface area contributed by atoms with Gasteiger partial charge in [-0.3, -0.25) is 14.6 Å². The number of carbonyl (C=O) groups excluding carboxylic acids is 2. The predicted molar refractivity (Wildman–Crippen MR) is 142 cm³/mol. The Hall–Kier alpha value is -3.56. The maximum atomic E-state index is 13.5. The minimum absolute atomic E-state index is 0.170. The van der Waals surface area contributed by atoms with Gasteiger partial charge >= 0.3 is 0 Å². The molecule has 4 rings (SSSR count). The largest absolute Gasteiger partial charge is 0.350 e. The molecule has 1 saturated heterocycles. The van der Waals surface area contributed by atoms with E-state index in [0.717, 1.165) is 17.5 Å². The Morgan fingerprint density at radius 3 is 2.27 bits per heavy atom. The molecule has 2 aromatic carbocycles. The lowest BCUT2D eigenvalue weighted by Crippen LogP contribution is -2.56. The fraction of sp³-hybridized carbons (Fsp3) is 0.321. The van der Waals surface area contributed by atoms with Crippen molar-refractivity contribution in [3.05, 3.63) is 102 Å². The van der Waals surface area contributed by atoms with Crippen LogP contribution in [0.3, 0.4) is 0 Å². The number of piperidine rings is 1. The summed E-state index contributed by atoms with van der Waals surface area (Å²) >= 11 is 0. The van der Waals surface area contributed by atoms with Gasteiger partial charge < -0.3 is 10.6 Å². The highest BCUT2D eigenvalue weighted by Gasteiger charge is 2.38. The van der Waals surface area contributed by atoms with E-state index < -0.39 is 28.0 Å². The summed E-state index contributed by atoms with van der Waals surface area (Å²) in [5, 5.41) is 5.74. The first-order valence-corrected chi connectivity index (χ1v) is 14.1. The van der Waals surface area contributed by atoms with Gasteiger partial charge in [-0.05, 0) is 35.6 Å². The average molecular weight is 521 g/mol. The van der Waals surface area contributed by atoms with Gasteiger partial charge in [0.15, 0.2) is 0 Å². The molecule has 8 nitrogen and oxygen atoms in total. The van der Waals surface area contributed by atoms with E-state index in [9.17, 15) is 18.0 Å². The predicted octanol–water partition coefficient (Wildman–Crippen LogP) is 2.81. The maximum absolute atomic E-state index is 13.5. The van der Waals surface area contributed by atoms with Crippen LogP contribution in [0.25, 0.3) is 0 Å². The molecule has 1 aromatic heterocycles. The van der Waals surface area contributed by atoms with Gasteiger partial charge in [0.25, 0.3) is 0 Å². The monoisotopic (exact) mass is 520 g/mol. The van der Waals surface area contributed by atoms with E-state index in [0.29, 0.717) is 18.4 Å². The third kappa shape index (κ3) is 7.47. The average Bonchev–Trinajstić information content (AvgIpc) is 2.93. The number of hydrogen-bond acceptors (Lipinski definition) is 5. The first-order valence-electron chi connectivity index (χ1n) is 12.5. The molecule has 1 aliphatic heterocycles. The zero-order chi connectivity index (χ0) is 26.1. The van der Waals surface area contributed by atoms with E-state index in [1.807, 2.05) is 42.5 Å². The second-order valence-corrected chi connectivity index (χ2v) is 11.1. The molecule has 0 saturated carbocycles. The number of sulfonamides is 1. The third-order valence-electron chi connectivity index (χ3n) is 6.41. The van der Waals surface area contributed by atoms with Crippen molar-refractivity contribution in [2.24, 2.45) is 0 Å². The maximum Gasteiger partial charge on any atom is 0.243 e. The SMILES string of the molecule is O=C(NCc1cccnc1)[C@@H](Cc1ccccc1)NC(=O)[C@@H]1CCCCN1S(=O)(=O)Cc1ccccc1. The summed E-state index contributed by atoms with van der Waals surface area (Å²) in [4.78, 5) is 30.7. The number of pyridine rings is 1. The van der Waals surface area contributed by atoms with Crippen molar-refractivity contribution in [3.63, 3.8) is 0 Å². The van der Waals surface area contributed by atoms with Crippen LogP contribution in [0, 0.1) is 0 Å². The molecule has 2 atom stereocenters. The second kappa shape index (κ2) is 12.6. The zero-order valence-corrected chi connectivity index (χ0v) is 21.4. The standard InChI is InChI=1S/C28H32N4O4S/c33-27(30-20-24-14-9-16-29-19-24)25(18-22-10-3-1-4-11-22)31-28(34)26-15-7-8-17-32(26)37(35,36)21-23-12-5-2-6-13-23/h1-6,9-14,16,19,25-26H,7-8,15,17-18,20-21H2,(H,30,33)(H,31,34)/t25-,26+/m1/s1. The minimum atomic E-state index is -3.73. The van der Waals surface area contributed by atoms with Crippen LogP contribution in [0.2, 0.25) is 0 Å². The molecular weight excluding hydrogens is 488 g/mol.